The van der Waals surface area contributed by atoms with Crippen molar-refractivity contribution in [1.82, 2.24) is 10.2 Å². The zero-order chi connectivity index (χ0) is 12.1. The number of aromatic amines is 1. The van der Waals surface area contributed by atoms with Gasteiger partial charge in [0.05, 0.1) is 6.20 Å². The van der Waals surface area contributed by atoms with Crippen LogP contribution >= 0.6 is 0 Å². The second-order valence-corrected chi connectivity index (χ2v) is 4.18. The number of H-pyrrole nitrogens is 1. The van der Waals surface area contributed by atoms with Gasteiger partial charge in [-0.3, -0.25) is 5.10 Å². The first-order valence-electron chi connectivity index (χ1n) is 5.84. The van der Waals surface area contributed by atoms with Crippen LogP contribution in [0.25, 0.3) is 0 Å². The Kier molecular flexibility index (Phi) is 3.65. The Morgan fingerprint density at radius 2 is 2.29 bits per heavy atom. The van der Waals surface area contributed by atoms with E-state index in [1.54, 1.807) is 0 Å². The lowest BCUT2D eigenvalue weighted by atomic mass is 10.1. The molecule has 0 saturated carbocycles. The maximum absolute atomic E-state index is 5.71. The van der Waals surface area contributed by atoms with Crippen molar-refractivity contribution in [2.75, 3.05) is 17.6 Å². The summed E-state index contributed by atoms with van der Waals surface area (Å²) in [5.74, 6) is 0. The van der Waals surface area contributed by atoms with Crippen molar-refractivity contribution in [3.8, 4) is 0 Å². The maximum Gasteiger partial charge on any atom is 0.0522 e. The molecule has 4 heteroatoms. The quantitative estimate of drug-likeness (QED) is 0.545. The van der Waals surface area contributed by atoms with Crippen LogP contribution in [0.5, 0.6) is 0 Å². The maximum atomic E-state index is 5.71. The second-order valence-electron chi connectivity index (χ2n) is 4.18. The van der Waals surface area contributed by atoms with Crippen LogP contribution in [0.1, 0.15) is 17.7 Å². The molecule has 0 atom stereocenters. The highest BCUT2D eigenvalue weighted by Crippen LogP contribution is 2.12. The van der Waals surface area contributed by atoms with E-state index in [-0.39, 0.29) is 0 Å². The van der Waals surface area contributed by atoms with Crippen molar-refractivity contribution in [3.05, 3.63) is 41.7 Å². The molecule has 1 aromatic heterocycles. The third kappa shape index (κ3) is 3.24. The molecule has 4 N–H and O–H groups in total. The molecule has 0 saturated heterocycles. The molecular formula is C13H18N4. The fourth-order valence-corrected chi connectivity index (χ4v) is 1.79. The normalized spacial score (nSPS) is 10.4. The molecule has 0 radical (unpaired) electrons. The van der Waals surface area contributed by atoms with Crippen molar-refractivity contribution in [2.24, 2.45) is 0 Å². The number of anilines is 2. The summed E-state index contributed by atoms with van der Waals surface area (Å²) >= 11 is 0. The van der Waals surface area contributed by atoms with Gasteiger partial charge in [-0.25, -0.2) is 0 Å². The van der Waals surface area contributed by atoms with Gasteiger partial charge in [-0.2, -0.15) is 5.10 Å². The predicted molar refractivity (Wildman–Crippen MR) is 71.0 cm³/mol. The summed E-state index contributed by atoms with van der Waals surface area (Å²) in [6.07, 6.45) is 4.02. The summed E-state index contributed by atoms with van der Waals surface area (Å²) in [7, 11) is 0. The first kappa shape index (κ1) is 11.5. The highest BCUT2D eigenvalue weighted by atomic mass is 15.1. The topological polar surface area (TPSA) is 66.7 Å². The number of rotatable bonds is 5. The number of hydrogen-bond acceptors (Lipinski definition) is 3. The van der Waals surface area contributed by atoms with Gasteiger partial charge >= 0.3 is 0 Å². The summed E-state index contributed by atoms with van der Waals surface area (Å²) in [5, 5.41) is 10.3. The van der Waals surface area contributed by atoms with Crippen molar-refractivity contribution in [2.45, 2.75) is 19.8 Å². The number of nitrogen functional groups attached to an aromatic ring is 1. The van der Waals surface area contributed by atoms with Crippen LogP contribution in [0.2, 0.25) is 0 Å². The van der Waals surface area contributed by atoms with E-state index in [9.17, 15) is 0 Å². The molecule has 4 nitrogen and oxygen atoms in total. The van der Waals surface area contributed by atoms with Crippen molar-refractivity contribution >= 4 is 11.4 Å². The molecule has 17 heavy (non-hydrogen) atoms. The van der Waals surface area contributed by atoms with Gasteiger partial charge < -0.3 is 11.1 Å². The van der Waals surface area contributed by atoms with Crippen LogP contribution in [-0.4, -0.2) is 16.7 Å². The molecule has 0 spiro atoms. The Hall–Kier alpha value is -1.97. The van der Waals surface area contributed by atoms with Gasteiger partial charge in [-0.1, -0.05) is 6.07 Å². The Balaban J connectivity index is 1.75. The molecule has 0 aliphatic heterocycles. The van der Waals surface area contributed by atoms with Gasteiger partial charge in [0.1, 0.15) is 0 Å². The Morgan fingerprint density at radius 1 is 1.41 bits per heavy atom. The van der Waals surface area contributed by atoms with E-state index in [1.165, 1.54) is 5.56 Å². The zero-order valence-electron chi connectivity index (χ0n) is 10.0. The average Bonchev–Trinajstić information content (AvgIpc) is 2.71. The lowest BCUT2D eigenvalue weighted by molar-refractivity contribution is 0.857. The SMILES string of the molecule is Cc1[nH]ncc1CCCNc1cccc(N)c1. The molecule has 0 amide bonds. The second kappa shape index (κ2) is 5.39. The van der Waals surface area contributed by atoms with Crippen LogP contribution in [0.4, 0.5) is 11.4 Å². The first-order valence-corrected chi connectivity index (χ1v) is 5.84. The van der Waals surface area contributed by atoms with E-state index in [2.05, 4.69) is 15.5 Å². The molecule has 0 aliphatic rings. The molecule has 1 heterocycles. The Labute approximate surface area is 101 Å². The molecule has 1 aromatic carbocycles. The van der Waals surface area contributed by atoms with Gasteiger partial charge in [-0.05, 0) is 43.5 Å². The third-order valence-corrected chi connectivity index (χ3v) is 2.77. The molecule has 0 unspecified atom stereocenters. The largest absolute Gasteiger partial charge is 0.399 e. The number of nitrogens with zero attached hydrogens (tertiary/aromatic N) is 1. The average molecular weight is 230 g/mol. The molecule has 0 bridgehead atoms. The van der Waals surface area contributed by atoms with Gasteiger partial charge in [0, 0.05) is 23.6 Å². The smallest absolute Gasteiger partial charge is 0.0522 e. The zero-order valence-corrected chi connectivity index (χ0v) is 10.0. The fourth-order valence-electron chi connectivity index (χ4n) is 1.79. The first-order chi connectivity index (χ1) is 8.25. The van der Waals surface area contributed by atoms with Crippen molar-refractivity contribution in [1.29, 1.82) is 0 Å². The third-order valence-electron chi connectivity index (χ3n) is 2.77. The van der Waals surface area contributed by atoms with Gasteiger partial charge in [-0.15, -0.1) is 0 Å². The highest BCUT2D eigenvalue weighted by molar-refractivity contribution is 5.53. The number of aromatic nitrogens is 2. The Bertz CT molecular complexity index is 476. The number of benzene rings is 1. The van der Waals surface area contributed by atoms with Crippen LogP contribution in [0.15, 0.2) is 30.5 Å². The van der Waals surface area contributed by atoms with E-state index in [0.717, 1.165) is 36.5 Å². The van der Waals surface area contributed by atoms with Gasteiger partial charge in [0.15, 0.2) is 0 Å². The number of nitrogens with one attached hydrogen (secondary N) is 2. The van der Waals surface area contributed by atoms with E-state index in [0.29, 0.717) is 0 Å². The van der Waals surface area contributed by atoms with Crippen molar-refractivity contribution < 1.29 is 0 Å². The molecule has 2 aromatic rings. The predicted octanol–water partition coefficient (Wildman–Crippen LogP) is 2.35. The monoisotopic (exact) mass is 230 g/mol. The van der Waals surface area contributed by atoms with Crippen LogP contribution < -0.4 is 11.1 Å². The molecule has 2 rings (SSSR count). The fraction of sp³-hybridized carbons (Fsp3) is 0.308. The van der Waals surface area contributed by atoms with E-state index in [1.807, 2.05) is 37.4 Å². The lowest BCUT2D eigenvalue weighted by Crippen LogP contribution is -2.03. The molecule has 90 valence electrons. The number of aryl methyl sites for hydroxylation is 2. The molecule has 0 fully saturated rings. The summed E-state index contributed by atoms with van der Waals surface area (Å²) in [5.41, 5.74) is 10.0. The van der Waals surface area contributed by atoms with E-state index >= 15 is 0 Å². The minimum absolute atomic E-state index is 0.792. The van der Waals surface area contributed by atoms with Gasteiger partial charge in [0.25, 0.3) is 0 Å². The number of nitrogens with two attached hydrogens (primary N) is 1. The van der Waals surface area contributed by atoms with E-state index in [4.69, 9.17) is 5.73 Å². The van der Waals surface area contributed by atoms with Crippen LogP contribution in [-0.2, 0) is 6.42 Å². The molecule has 0 aliphatic carbocycles. The lowest BCUT2D eigenvalue weighted by Gasteiger charge is -2.06. The van der Waals surface area contributed by atoms with Crippen LogP contribution in [0, 0.1) is 6.92 Å². The summed E-state index contributed by atoms with van der Waals surface area (Å²) in [6, 6.07) is 7.82. The van der Waals surface area contributed by atoms with Crippen molar-refractivity contribution in [3.63, 3.8) is 0 Å². The summed E-state index contributed by atoms with van der Waals surface area (Å²) in [6.45, 7) is 2.99. The van der Waals surface area contributed by atoms with Gasteiger partial charge in [0.2, 0.25) is 0 Å². The molecular weight excluding hydrogens is 212 g/mol. The Morgan fingerprint density at radius 3 is 3.00 bits per heavy atom. The minimum Gasteiger partial charge on any atom is -0.399 e. The van der Waals surface area contributed by atoms with E-state index < -0.39 is 0 Å². The standard InChI is InChI=1S/C13H18N4/c1-10-11(9-16-17-10)4-3-7-15-13-6-2-5-12(14)8-13/h2,5-6,8-9,15H,3-4,7,14H2,1H3,(H,16,17). The van der Waals surface area contributed by atoms with Crippen LogP contribution in [0.3, 0.4) is 0 Å². The highest BCUT2D eigenvalue weighted by Gasteiger charge is 1.99. The minimum atomic E-state index is 0.792. The summed E-state index contributed by atoms with van der Waals surface area (Å²) in [4.78, 5) is 0. The summed E-state index contributed by atoms with van der Waals surface area (Å²) < 4.78 is 0. The number of hydrogen-bond donors (Lipinski definition) is 3.